The van der Waals surface area contributed by atoms with Crippen molar-refractivity contribution in [2.45, 2.75) is 42.7 Å². The number of aryl methyl sites for hydroxylation is 1. The van der Waals surface area contributed by atoms with Gasteiger partial charge in [-0.2, -0.15) is 0 Å². The minimum atomic E-state index is -3.45. The Kier molecular flexibility index (Phi) is 5.75. The van der Waals surface area contributed by atoms with Gasteiger partial charge in [-0.15, -0.1) is 0 Å². The van der Waals surface area contributed by atoms with Gasteiger partial charge in [0, 0.05) is 12.5 Å². The van der Waals surface area contributed by atoms with Crippen LogP contribution in [0, 0.1) is 0 Å². The van der Waals surface area contributed by atoms with Crippen molar-refractivity contribution in [2.75, 3.05) is 6.54 Å². The number of aliphatic hydroxyl groups excluding tert-OH is 1. The molecule has 1 aromatic carbocycles. The van der Waals surface area contributed by atoms with Gasteiger partial charge < -0.3 is 14.8 Å². The number of rotatable bonds is 9. The molecule has 0 spiro atoms. The van der Waals surface area contributed by atoms with E-state index in [0.717, 1.165) is 18.4 Å². The van der Waals surface area contributed by atoms with Crippen LogP contribution in [0.25, 0.3) is 0 Å². The maximum absolute atomic E-state index is 12.1. The Morgan fingerprint density at radius 3 is 2.58 bits per heavy atom. The summed E-state index contributed by atoms with van der Waals surface area (Å²) in [5.74, 6) is 0.213. The lowest BCUT2D eigenvalue weighted by Crippen LogP contribution is -2.28. The van der Waals surface area contributed by atoms with Gasteiger partial charge in [0.2, 0.25) is 15.9 Å². The predicted molar refractivity (Wildman–Crippen MR) is 94.8 cm³/mol. The molecule has 1 heterocycles. The van der Waals surface area contributed by atoms with Crippen molar-refractivity contribution in [3.8, 4) is 0 Å². The second kappa shape index (κ2) is 8.03. The number of carbonyl (C=O) groups excluding carboxylic acids is 1. The van der Waals surface area contributed by atoms with Crippen molar-refractivity contribution in [1.29, 1.82) is 0 Å². The van der Waals surface area contributed by atoms with Gasteiger partial charge in [0.1, 0.15) is 11.9 Å². The van der Waals surface area contributed by atoms with Crippen molar-refractivity contribution in [3.05, 3.63) is 54.0 Å². The van der Waals surface area contributed by atoms with Gasteiger partial charge in [0.05, 0.1) is 17.7 Å². The van der Waals surface area contributed by atoms with E-state index in [4.69, 9.17) is 4.42 Å². The van der Waals surface area contributed by atoms with Crippen molar-refractivity contribution >= 4 is 15.9 Å². The summed E-state index contributed by atoms with van der Waals surface area (Å²) < 4.78 is 31.9. The van der Waals surface area contributed by atoms with Crippen LogP contribution in [-0.2, 0) is 21.2 Å². The largest absolute Gasteiger partial charge is 0.467 e. The maximum Gasteiger partial charge on any atom is 0.240 e. The molecule has 0 saturated heterocycles. The zero-order valence-corrected chi connectivity index (χ0v) is 15.0. The minimum absolute atomic E-state index is 0.0694. The van der Waals surface area contributed by atoms with E-state index in [0.29, 0.717) is 12.2 Å². The fourth-order valence-corrected chi connectivity index (χ4v) is 3.77. The molecule has 1 aliphatic carbocycles. The lowest BCUT2D eigenvalue weighted by atomic mass is 10.1. The lowest BCUT2D eigenvalue weighted by molar-refractivity contribution is -0.121. The van der Waals surface area contributed by atoms with Crippen LogP contribution in [0.3, 0.4) is 0 Å². The molecule has 2 aromatic rings. The summed E-state index contributed by atoms with van der Waals surface area (Å²) in [6.07, 6.45) is 3.10. The molecule has 3 rings (SSSR count). The van der Waals surface area contributed by atoms with Crippen LogP contribution in [-0.4, -0.2) is 32.0 Å². The summed E-state index contributed by atoms with van der Waals surface area (Å²) >= 11 is 0. The third-order valence-electron chi connectivity index (χ3n) is 4.14. The molecule has 0 aliphatic heterocycles. The molecular weight excluding hydrogens is 356 g/mol. The summed E-state index contributed by atoms with van der Waals surface area (Å²) in [6, 6.07) is 9.92. The summed E-state index contributed by atoms with van der Waals surface area (Å²) in [4.78, 5) is 12.1. The van der Waals surface area contributed by atoms with Crippen LogP contribution in [0.5, 0.6) is 0 Å². The lowest BCUT2D eigenvalue weighted by Gasteiger charge is -2.10. The van der Waals surface area contributed by atoms with Crippen molar-refractivity contribution in [1.82, 2.24) is 10.0 Å². The van der Waals surface area contributed by atoms with E-state index in [9.17, 15) is 18.3 Å². The molecule has 3 N–H and O–H groups in total. The van der Waals surface area contributed by atoms with Crippen molar-refractivity contribution in [3.63, 3.8) is 0 Å². The van der Waals surface area contributed by atoms with E-state index >= 15 is 0 Å². The molecule has 1 fully saturated rings. The SMILES string of the molecule is O=C(CCc1ccc(S(=O)(=O)NC2CC2)cc1)NCC(O)c1ccco1. The molecule has 1 unspecified atom stereocenters. The molecule has 1 saturated carbocycles. The molecule has 1 atom stereocenters. The normalized spacial score (nSPS) is 15.6. The van der Waals surface area contributed by atoms with Crippen LogP contribution < -0.4 is 10.0 Å². The molecule has 140 valence electrons. The number of sulfonamides is 1. The van der Waals surface area contributed by atoms with Crippen molar-refractivity contribution in [2.24, 2.45) is 0 Å². The van der Waals surface area contributed by atoms with E-state index < -0.39 is 16.1 Å². The minimum Gasteiger partial charge on any atom is -0.467 e. The van der Waals surface area contributed by atoms with Gasteiger partial charge in [-0.25, -0.2) is 13.1 Å². The molecule has 1 amide bonds. The highest BCUT2D eigenvalue weighted by Gasteiger charge is 2.27. The number of nitrogens with one attached hydrogen (secondary N) is 2. The third-order valence-corrected chi connectivity index (χ3v) is 5.67. The molecule has 1 aliphatic rings. The summed E-state index contributed by atoms with van der Waals surface area (Å²) in [5, 5.41) is 12.5. The quantitative estimate of drug-likeness (QED) is 0.613. The standard InChI is InChI=1S/C18H22N2O5S/c21-16(17-2-1-11-25-17)12-19-18(22)10-5-13-3-8-15(9-4-13)26(23,24)20-14-6-7-14/h1-4,8-9,11,14,16,20-21H,5-7,10,12H2,(H,19,22). The Morgan fingerprint density at radius 2 is 1.96 bits per heavy atom. The third kappa shape index (κ3) is 5.17. The van der Waals surface area contributed by atoms with E-state index in [2.05, 4.69) is 10.0 Å². The first-order chi connectivity index (χ1) is 12.4. The smallest absolute Gasteiger partial charge is 0.240 e. The van der Waals surface area contributed by atoms with E-state index in [-0.39, 0.29) is 29.8 Å². The van der Waals surface area contributed by atoms with Gasteiger partial charge in [-0.1, -0.05) is 12.1 Å². The molecule has 0 bridgehead atoms. The Labute approximate surface area is 152 Å². The number of amides is 1. The monoisotopic (exact) mass is 378 g/mol. The first kappa shape index (κ1) is 18.6. The molecule has 0 radical (unpaired) electrons. The topological polar surface area (TPSA) is 109 Å². The average Bonchev–Trinajstić information content (AvgIpc) is 3.25. The van der Waals surface area contributed by atoms with Crippen LogP contribution in [0.4, 0.5) is 0 Å². The number of benzene rings is 1. The molecule has 8 heteroatoms. The van der Waals surface area contributed by atoms with Crippen LogP contribution in [0.1, 0.15) is 36.7 Å². The zero-order valence-electron chi connectivity index (χ0n) is 14.2. The van der Waals surface area contributed by atoms with Gasteiger partial charge in [-0.3, -0.25) is 4.79 Å². The van der Waals surface area contributed by atoms with E-state index in [1.165, 1.54) is 6.26 Å². The summed E-state index contributed by atoms with van der Waals surface area (Å²) in [5.41, 5.74) is 0.872. The van der Waals surface area contributed by atoms with E-state index in [1.807, 2.05) is 0 Å². The fraction of sp³-hybridized carbons (Fsp3) is 0.389. The van der Waals surface area contributed by atoms with E-state index in [1.54, 1.807) is 36.4 Å². The van der Waals surface area contributed by atoms with Gasteiger partial charge in [-0.05, 0) is 49.1 Å². The highest BCUT2D eigenvalue weighted by Crippen LogP contribution is 2.22. The predicted octanol–water partition coefficient (Wildman–Crippen LogP) is 1.50. The van der Waals surface area contributed by atoms with Crippen molar-refractivity contribution < 1.29 is 22.7 Å². The maximum atomic E-state index is 12.1. The molecular formula is C18H22N2O5S. The zero-order chi connectivity index (χ0) is 18.6. The number of hydrogen-bond donors (Lipinski definition) is 3. The van der Waals surface area contributed by atoms with Gasteiger partial charge >= 0.3 is 0 Å². The summed E-state index contributed by atoms with van der Waals surface area (Å²) in [6.45, 7) is 0.0797. The number of carbonyl (C=O) groups is 1. The summed E-state index contributed by atoms with van der Waals surface area (Å²) in [7, 11) is -3.45. The second-order valence-electron chi connectivity index (χ2n) is 6.37. The number of aliphatic hydroxyl groups is 1. The fourth-order valence-electron chi connectivity index (χ4n) is 2.46. The van der Waals surface area contributed by atoms with Crippen LogP contribution in [0.15, 0.2) is 52.0 Å². The Hall–Kier alpha value is -2.16. The average molecular weight is 378 g/mol. The number of hydrogen-bond acceptors (Lipinski definition) is 5. The second-order valence-corrected chi connectivity index (χ2v) is 8.09. The Bertz CT molecular complexity index is 827. The van der Waals surface area contributed by atoms with Gasteiger partial charge in [0.25, 0.3) is 0 Å². The highest BCUT2D eigenvalue weighted by molar-refractivity contribution is 7.89. The van der Waals surface area contributed by atoms with Gasteiger partial charge in [0.15, 0.2) is 0 Å². The molecule has 26 heavy (non-hydrogen) atoms. The number of furan rings is 1. The molecule has 1 aromatic heterocycles. The first-order valence-corrected chi connectivity index (χ1v) is 10.0. The Balaban J connectivity index is 1.44. The first-order valence-electron chi connectivity index (χ1n) is 8.53. The van der Waals surface area contributed by atoms with Crippen LogP contribution in [0.2, 0.25) is 0 Å². The highest BCUT2D eigenvalue weighted by atomic mass is 32.2. The van der Waals surface area contributed by atoms with Crippen LogP contribution >= 0.6 is 0 Å². The Morgan fingerprint density at radius 1 is 1.23 bits per heavy atom. The molecule has 7 nitrogen and oxygen atoms in total.